The summed E-state index contributed by atoms with van der Waals surface area (Å²) in [5, 5.41) is 0. The van der Waals surface area contributed by atoms with Gasteiger partial charge in [0.25, 0.3) is 0 Å². The molecule has 2 aromatic carbocycles. The van der Waals surface area contributed by atoms with E-state index in [1.807, 2.05) is 57.2 Å². The minimum atomic E-state index is -3.54. The van der Waals surface area contributed by atoms with Gasteiger partial charge in [-0.05, 0) is 38.0 Å². The van der Waals surface area contributed by atoms with Crippen molar-refractivity contribution in [3.05, 3.63) is 65.2 Å². The number of hydrogen-bond donors (Lipinski definition) is 0. The van der Waals surface area contributed by atoms with Crippen LogP contribution in [0.3, 0.4) is 0 Å². The Morgan fingerprint density at radius 2 is 1.71 bits per heavy atom. The molecule has 0 saturated carbocycles. The van der Waals surface area contributed by atoms with Gasteiger partial charge >= 0.3 is 0 Å². The van der Waals surface area contributed by atoms with Crippen molar-refractivity contribution < 1.29 is 13.2 Å². The molecule has 1 saturated heterocycles. The van der Waals surface area contributed by atoms with Crippen molar-refractivity contribution in [2.45, 2.75) is 37.8 Å². The maximum absolute atomic E-state index is 13.1. The van der Waals surface area contributed by atoms with Gasteiger partial charge in [-0.15, -0.1) is 0 Å². The molecule has 3 rings (SSSR count). The fraction of sp³-hybridized carbons (Fsp3) is 0.368. The summed E-state index contributed by atoms with van der Waals surface area (Å²) in [6.45, 7) is 6.48. The number of morpholine rings is 1. The maximum atomic E-state index is 13.1. The minimum absolute atomic E-state index is 0.184. The van der Waals surface area contributed by atoms with E-state index < -0.39 is 10.0 Å². The Bertz CT molecular complexity index is 815. The molecule has 2 aromatic rings. The number of ether oxygens (including phenoxy) is 1. The van der Waals surface area contributed by atoms with Gasteiger partial charge in [-0.1, -0.05) is 48.0 Å². The summed E-state index contributed by atoms with van der Waals surface area (Å²) in [7, 11) is -3.54. The fourth-order valence-electron chi connectivity index (χ4n) is 3.02. The molecule has 4 nitrogen and oxygen atoms in total. The number of aryl methyl sites for hydroxylation is 2. The normalized spacial score (nSPS) is 22.5. The fourth-order valence-corrected chi connectivity index (χ4v) is 4.87. The SMILES string of the molecule is Cc1ccc(C2CN(S(=O)(=O)c3ccccc3C)C(C)CO2)cc1. The molecule has 1 heterocycles. The van der Waals surface area contributed by atoms with Gasteiger partial charge in [0, 0.05) is 12.6 Å². The highest BCUT2D eigenvalue weighted by Crippen LogP contribution is 2.30. The monoisotopic (exact) mass is 345 g/mol. The second-order valence-corrected chi connectivity index (χ2v) is 8.28. The van der Waals surface area contributed by atoms with E-state index in [4.69, 9.17) is 4.74 Å². The van der Waals surface area contributed by atoms with Crippen molar-refractivity contribution in [3.8, 4) is 0 Å². The summed E-state index contributed by atoms with van der Waals surface area (Å²) in [6.07, 6.45) is -0.236. The smallest absolute Gasteiger partial charge is 0.243 e. The highest BCUT2D eigenvalue weighted by Gasteiger charge is 2.36. The van der Waals surface area contributed by atoms with Crippen LogP contribution in [0.1, 0.15) is 29.7 Å². The number of rotatable bonds is 3. The quantitative estimate of drug-likeness (QED) is 0.856. The van der Waals surface area contributed by atoms with E-state index >= 15 is 0 Å². The lowest BCUT2D eigenvalue weighted by molar-refractivity contribution is -0.0288. The average Bonchev–Trinajstić information content (AvgIpc) is 2.56. The molecule has 0 radical (unpaired) electrons. The lowest BCUT2D eigenvalue weighted by Crippen LogP contribution is -2.48. The van der Waals surface area contributed by atoms with E-state index in [1.165, 1.54) is 5.56 Å². The molecule has 0 aliphatic carbocycles. The standard InChI is InChI=1S/C19H23NO3S/c1-14-8-10-17(11-9-14)18-12-20(16(3)13-23-18)24(21,22)19-7-5-4-6-15(19)2/h4-11,16,18H,12-13H2,1-3H3. The van der Waals surface area contributed by atoms with E-state index in [0.717, 1.165) is 11.1 Å². The number of sulfonamides is 1. The molecule has 0 amide bonds. The van der Waals surface area contributed by atoms with E-state index in [9.17, 15) is 8.42 Å². The average molecular weight is 345 g/mol. The predicted molar refractivity (Wildman–Crippen MR) is 94.4 cm³/mol. The second kappa shape index (κ2) is 6.67. The van der Waals surface area contributed by atoms with E-state index in [0.29, 0.717) is 18.0 Å². The van der Waals surface area contributed by atoms with Gasteiger partial charge in [0.2, 0.25) is 10.0 Å². The molecular formula is C19H23NO3S. The highest BCUT2D eigenvalue weighted by molar-refractivity contribution is 7.89. The molecule has 128 valence electrons. The van der Waals surface area contributed by atoms with Gasteiger partial charge in [-0.2, -0.15) is 4.31 Å². The Kier molecular flexibility index (Phi) is 4.76. The van der Waals surface area contributed by atoms with Gasteiger partial charge in [-0.25, -0.2) is 8.42 Å². The second-order valence-electron chi connectivity index (χ2n) is 6.42. The first-order chi connectivity index (χ1) is 11.4. The molecule has 0 N–H and O–H groups in total. The van der Waals surface area contributed by atoms with Crippen LogP contribution in [0.5, 0.6) is 0 Å². The molecule has 1 aliphatic heterocycles. The third-order valence-corrected chi connectivity index (χ3v) is 6.65. The number of nitrogens with zero attached hydrogens (tertiary/aromatic N) is 1. The van der Waals surface area contributed by atoms with Gasteiger partial charge < -0.3 is 4.74 Å². The van der Waals surface area contributed by atoms with Crippen LogP contribution in [0.25, 0.3) is 0 Å². The first-order valence-corrected chi connectivity index (χ1v) is 9.59. The van der Waals surface area contributed by atoms with Gasteiger partial charge in [-0.3, -0.25) is 0 Å². The van der Waals surface area contributed by atoms with Gasteiger partial charge in [0.15, 0.2) is 0 Å². The van der Waals surface area contributed by atoms with Crippen molar-refractivity contribution in [1.82, 2.24) is 4.31 Å². The highest BCUT2D eigenvalue weighted by atomic mass is 32.2. The van der Waals surface area contributed by atoms with Crippen LogP contribution in [0, 0.1) is 13.8 Å². The summed E-state index contributed by atoms with van der Waals surface area (Å²) in [5.41, 5.74) is 2.95. The number of benzene rings is 2. The van der Waals surface area contributed by atoms with Crippen LogP contribution >= 0.6 is 0 Å². The Labute approximate surface area is 144 Å². The molecule has 0 spiro atoms. The Morgan fingerprint density at radius 1 is 1.04 bits per heavy atom. The predicted octanol–water partition coefficient (Wildman–Crippen LogP) is 3.45. The molecule has 1 fully saturated rings. The summed E-state index contributed by atoms with van der Waals surface area (Å²) in [5.74, 6) is 0. The van der Waals surface area contributed by atoms with Crippen molar-refractivity contribution in [2.24, 2.45) is 0 Å². The van der Waals surface area contributed by atoms with Crippen molar-refractivity contribution in [3.63, 3.8) is 0 Å². The molecule has 5 heteroatoms. The molecule has 1 aliphatic rings. The summed E-state index contributed by atoms with van der Waals surface area (Å²) in [4.78, 5) is 0.376. The van der Waals surface area contributed by atoms with Gasteiger partial charge in [0.1, 0.15) is 0 Å². The third kappa shape index (κ3) is 3.24. The molecule has 2 unspecified atom stereocenters. The third-order valence-electron chi connectivity index (χ3n) is 4.51. The van der Waals surface area contributed by atoms with E-state index in [-0.39, 0.29) is 12.1 Å². The van der Waals surface area contributed by atoms with Crippen LogP contribution in [-0.4, -0.2) is 31.9 Å². The van der Waals surface area contributed by atoms with Crippen molar-refractivity contribution in [2.75, 3.05) is 13.2 Å². The van der Waals surface area contributed by atoms with E-state index in [2.05, 4.69) is 0 Å². The van der Waals surface area contributed by atoms with Crippen molar-refractivity contribution >= 4 is 10.0 Å². The van der Waals surface area contributed by atoms with E-state index in [1.54, 1.807) is 16.4 Å². The summed E-state index contributed by atoms with van der Waals surface area (Å²) in [6, 6.07) is 15.0. The molecule has 0 bridgehead atoms. The first kappa shape index (κ1) is 17.1. The zero-order valence-electron chi connectivity index (χ0n) is 14.3. The molecule has 0 aromatic heterocycles. The summed E-state index contributed by atoms with van der Waals surface area (Å²) < 4.78 is 33.7. The lowest BCUT2D eigenvalue weighted by atomic mass is 10.1. The van der Waals surface area contributed by atoms with Crippen LogP contribution in [0.15, 0.2) is 53.4 Å². The minimum Gasteiger partial charge on any atom is -0.370 e. The van der Waals surface area contributed by atoms with Crippen LogP contribution in [-0.2, 0) is 14.8 Å². The van der Waals surface area contributed by atoms with Crippen LogP contribution in [0.2, 0.25) is 0 Å². The largest absolute Gasteiger partial charge is 0.370 e. The zero-order chi connectivity index (χ0) is 17.3. The van der Waals surface area contributed by atoms with Crippen LogP contribution in [0.4, 0.5) is 0 Å². The molecule has 2 atom stereocenters. The Balaban J connectivity index is 1.91. The summed E-state index contributed by atoms with van der Waals surface area (Å²) >= 11 is 0. The topological polar surface area (TPSA) is 46.6 Å². The van der Waals surface area contributed by atoms with Crippen LogP contribution < -0.4 is 0 Å². The van der Waals surface area contributed by atoms with Gasteiger partial charge in [0.05, 0.1) is 17.6 Å². The Hall–Kier alpha value is -1.69. The molecular weight excluding hydrogens is 322 g/mol. The maximum Gasteiger partial charge on any atom is 0.243 e. The number of hydrogen-bond acceptors (Lipinski definition) is 3. The first-order valence-electron chi connectivity index (χ1n) is 8.15. The molecule has 24 heavy (non-hydrogen) atoms. The lowest BCUT2D eigenvalue weighted by Gasteiger charge is -2.37. The zero-order valence-corrected chi connectivity index (χ0v) is 15.1. The Morgan fingerprint density at radius 3 is 2.38 bits per heavy atom. The van der Waals surface area contributed by atoms with Crippen molar-refractivity contribution in [1.29, 1.82) is 0 Å².